The van der Waals surface area contributed by atoms with E-state index in [-0.39, 0.29) is 18.0 Å². The Morgan fingerprint density at radius 3 is 2.95 bits per heavy atom. The summed E-state index contributed by atoms with van der Waals surface area (Å²) in [5.41, 5.74) is -0.254. The second-order valence-corrected chi connectivity index (χ2v) is 5.83. The zero-order chi connectivity index (χ0) is 13.9. The maximum absolute atomic E-state index is 12.1. The van der Waals surface area contributed by atoms with Crippen LogP contribution in [0.2, 0.25) is 0 Å². The Morgan fingerprint density at radius 1 is 1.53 bits per heavy atom. The normalized spacial score (nSPS) is 30.6. The molecule has 2 saturated heterocycles. The minimum Gasteiger partial charge on any atom is -0.481 e. The Labute approximate surface area is 113 Å². The molecule has 2 amide bonds. The average molecular weight is 270 g/mol. The maximum Gasteiger partial charge on any atom is 0.317 e. The maximum atomic E-state index is 12.1. The van der Waals surface area contributed by atoms with Crippen molar-refractivity contribution in [1.29, 1.82) is 0 Å². The van der Waals surface area contributed by atoms with Crippen molar-refractivity contribution >= 4 is 12.0 Å². The van der Waals surface area contributed by atoms with Gasteiger partial charge in [-0.2, -0.15) is 0 Å². The van der Waals surface area contributed by atoms with Crippen LogP contribution in [0, 0.1) is 5.92 Å². The molecule has 2 fully saturated rings. The van der Waals surface area contributed by atoms with Crippen molar-refractivity contribution in [3.05, 3.63) is 0 Å². The van der Waals surface area contributed by atoms with Gasteiger partial charge >= 0.3 is 12.0 Å². The van der Waals surface area contributed by atoms with E-state index in [1.54, 1.807) is 4.90 Å². The third-order valence-electron chi connectivity index (χ3n) is 3.97. The predicted molar refractivity (Wildman–Crippen MR) is 68.9 cm³/mol. The van der Waals surface area contributed by atoms with Crippen LogP contribution >= 0.6 is 0 Å². The lowest BCUT2D eigenvalue weighted by atomic mass is 10.0. The average Bonchev–Trinajstić information content (AvgIpc) is 2.95. The Kier molecular flexibility index (Phi) is 4.29. The van der Waals surface area contributed by atoms with E-state index in [1.165, 1.54) is 0 Å². The van der Waals surface area contributed by atoms with E-state index in [2.05, 4.69) is 5.32 Å². The number of carboxylic acid groups (broad SMARTS) is 1. The van der Waals surface area contributed by atoms with Gasteiger partial charge in [-0.05, 0) is 32.1 Å². The number of rotatable bonds is 4. The van der Waals surface area contributed by atoms with Gasteiger partial charge in [0.1, 0.15) is 0 Å². The van der Waals surface area contributed by atoms with Crippen LogP contribution in [0.15, 0.2) is 0 Å². The van der Waals surface area contributed by atoms with Crippen molar-refractivity contribution in [2.24, 2.45) is 5.92 Å². The number of hydrogen-bond acceptors (Lipinski definition) is 3. The number of aliphatic carboxylic acids is 1. The molecule has 0 saturated carbocycles. The first kappa shape index (κ1) is 14.1. The fraction of sp³-hybridized carbons (Fsp3) is 0.846. The highest BCUT2D eigenvalue weighted by Gasteiger charge is 2.34. The summed E-state index contributed by atoms with van der Waals surface area (Å²) in [7, 11) is 0. The number of hydrogen-bond donors (Lipinski definition) is 2. The number of urea groups is 1. The second-order valence-electron chi connectivity index (χ2n) is 5.83. The first-order chi connectivity index (χ1) is 8.98. The van der Waals surface area contributed by atoms with Gasteiger partial charge in [0.2, 0.25) is 0 Å². The van der Waals surface area contributed by atoms with Crippen LogP contribution < -0.4 is 5.32 Å². The summed E-state index contributed by atoms with van der Waals surface area (Å²) in [5.74, 6) is -0.451. The Bertz CT molecular complexity index is 353. The van der Waals surface area contributed by atoms with Crippen LogP contribution in [0.3, 0.4) is 0 Å². The third kappa shape index (κ3) is 3.83. The number of carboxylic acids is 1. The van der Waals surface area contributed by atoms with Gasteiger partial charge in [0, 0.05) is 26.1 Å². The van der Waals surface area contributed by atoms with Crippen LogP contribution in [0.4, 0.5) is 4.79 Å². The molecular weight excluding hydrogens is 248 g/mol. The van der Waals surface area contributed by atoms with E-state index in [1.807, 2.05) is 6.92 Å². The zero-order valence-electron chi connectivity index (χ0n) is 11.4. The molecule has 2 atom stereocenters. The van der Waals surface area contributed by atoms with E-state index in [0.29, 0.717) is 38.6 Å². The van der Waals surface area contributed by atoms with E-state index in [9.17, 15) is 9.59 Å². The zero-order valence-corrected chi connectivity index (χ0v) is 11.4. The Balaban J connectivity index is 1.76. The molecule has 0 aromatic heterocycles. The lowest BCUT2D eigenvalue weighted by molar-refractivity contribution is -0.137. The summed E-state index contributed by atoms with van der Waals surface area (Å²) >= 11 is 0. The second kappa shape index (κ2) is 5.77. The lowest BCUT2D eigenvalue weighted by Gasteiger charge is -2.27. The molecule has 2 heterocycles. The number of amides is 2. The van der Waals surface area contributed by atoms with E-state index < -0.39 is 5.97 Å². The molecular formula is C13H22N2O4. The van der Waals surface area contributed by atoms with Gasteiger partial charge in [-0.25, -0.2) is 4.79 Å². The molecule has 19 heavy (non-hydrogen) atoms. The highest BCUT2D eigenvalue weighted by atomic mass is 16.5. The molecule has 0 aromatic carbocycles. The minimum absolute atomic E-state index is 0.0502. The summed E-state index contributed by atoms with van der Waals surface area (Å²) in [4.78, 5) is 24.5. The number of carbonyl (C=O) groups is 2. The molecule has 2 unspecified atom stereocenters. The summed E-state index contributed by atoms with van der Waals surface area (Å²) < 4.78 is 5.31. The van der Waals surface area contributed by atoms with Crippen LogP contribution in [-0.4, -0.2) is 53.8 Å². The topological polar surface area (TPSA) is 78.9 Å². The first-order valence-electron chi connectivity index (χ1n) is 6.85. The number of likely N-dealkylation sites (tertiary alicyclic amines) is 1. The highest BCUT2D eigenvalue weighted by molar-refractivity contribution is 5.75. The highest BCUT2D eigenvalue weighted by Crippen LogP contribution is 2.23. The number of carbonyl (C=O) groups excluding carboxylic acids is 1. The molecule has 0 radical (unpaired) electrons. The molecule has 6 nitrogen and oxygen atoms in total. The van der Waals surface area contributed by atoms with Crippen molar-refractivity contribution < 1.29 is 19.4 Å². The van der Waals surface area contributed by atoms with Gasteiger partial charge in [0.15, 0.2) is 0 Å². The molecule has 0 bridgehead atoms. The van der Waals surface area contributed by atoms with Crippen LogP contribution in [0.5, 0.6) is 0 Å². The van der Waals surface area contributed by atoms with Crippen molar-refractivity contribution in [3.8, 4) is 0 Å². The van der Waals surface area contributed by atoms with Crippen molar-refractivity contribution in [1.82, 2.24) is 10.2 Å². The molecule has 0 aliphatic carbocycles. The van der Waals surface area contributed by atoms with Gasteiger partial charge in [0.25, 0.3) is 0 Å². The molecule has 2 N–H and O–H groups in total. The largest absolute Gasteiger partial charge is 0.481 e. The lowest BCUT2D eigenvalue weighted by Crippen LogP contribution is -2.51. The monoisotopic (exact) mass is 270 g/mol. The van der Waals surface area contributed by atoms with Gasteiger partial charge in [0.05, 0.1) is 12.1 Å². The van der Waals surface area contributed by atoms with Gasteiger partial charge in [-0.1, -0.05) is 0 Å². The SMILES string of the molecule is CC1(NC(=O)N2CCC(CCC(=O)O)C2)CCOC1. The number of nitrogens with zero attached hydrogens (tertiary/aromatic N) is 1. The van der Waals surface area contributed by atoms with Crippen molar-refractivity contribution in [2.75, 3.05) is 26.3 Å². The van der Waals surface area contributed by atoms with E-state index >= 15 is 0 Å². The first-order valence-corrected chi connectivity index (χ1v) is 6.85. The van der Waals surface area contributed by atoms with Crippen molar-refractivity contribution in [2.45, 2.75) is 38.1 Å². The summed E-state index contributed by atoms with van der Waals surface area (Å²) in [5, 5.41) is 11.7. The fourth-order valence-corrected chi connectivity index (χ4v) is 2.68. The van der Waals surface area contributed by atoms with Crippen LogP contribution in [0.25, 0.3) is 0 Å². The quantitative estimate of drug-likeness (QED) is 0.800. The molecule has 2 rings (SSSR count). The minimum atomic E-state index is -0.765. The smallest absolute Gasteiger partial charge is 0.317 e. The summed E-state index contributed by atoms with van der Waals surface area (Å²) in [6.45, 7) is 4.63. The molecule has 2 aliphatic rings. The molecule has 6 heteroatoms. The van der Waals surface area contributed by atoms with Crippen LogP contribution in [-0.2, 0) is 9.53 Å². The van der Waals surface area contributed by atoms with Crippen LogP contribution in [0.1, 0.15) is 32.6 Å². The Morgan fingerprint density at radius 2 is 2.32 bits per heavy atom. The Hall–Kier alpha value is -1.30. The van der Waals surface area contributed by atoms with Gasteiger partial charge in [-0.15, -0.1) is 0 Å². The molecule has 0 spiro atoms. The standard InChI is InChI=1S/C13H22N2O4/c1-13(5-7-19-9-13)14-12(18)15-6-4-10(8-15)2-3-11(16)17/h10H,2-9H2,1H3,(H,14,18)(H,16,17). The molecule has 0 aromatic rings. The molecule has 2 aliphatic heterocycles. The van der Waals surface area contributed by atoms with Gasteiger partial charge in [-0.3, -0.25) is 4.79 Å². The summed E-state index contributed by atoms with van der Waals surface area (Å²) in [6, 6.07) is -0.0502. The number of ether oxygens (including phenoxy) is 1. The third-order valence-corrected chi connectivity index (χ3v) is 3.97. The fourth-order valence-electron chi connectivity index (χ4n) is 2.68. The number of nitrogens with one attached hydrogen (secondary N) is 1. The van der Waals surface area contributed by atoms with E-state index in [0.717, 1.165) is 12.8 Å². The molecule has 108 valence electrons. The van der Waals surface area contributed by atoms with Gasteiger partial charge < -0.3 is 20.1 Å². The predicted octanol–water partition coefficient (Wildman–Crippen LogP) is 1.06. The van der Waals surface area contributed by atoms with E-state index in [4.69, 9.17) is 9.84 Å². The van der Waals surface area contributed by atoms with Crippen molar-refractivity contribution in [3.63, 3.8) is 0 Å². The summed E-state index contributed by atoms with van der Waals surface area (Å²) in [6.07, 6.45) is 2.58.